The average Bonchev–Trinajstić information content (AvgIpc) is 2.01. The van der Waals surface area contributed by atoms with E-state index in [0.29, 0.717) is 0 Å². The Bertz CT molecular complexity index is 500. The second-order valence-corrected chi connectivity index (χ2v) is 12.0. The average molecular weight is 458 g/mol. The summed E-state index contributed by atoms with van der Waals surface area (Å²) in [6.45, 7) is 0. The zero-order chi connectivity index (χ0) is 11.0. The molecule has 0 unspecified atom stereocenters. The Morgan fingerprint density at radius 3 is 1.50 bits per heavy atom. The summed E-state index contributed by atoms with van der Waals surface area (Å²) in [5.74, 6) is 0. The lowest BCUT2D eigenvalue weighted by Gasteiger charge is -1.99. The monoisotopic (exact) mass is 458 g/mol. The lowest BCUT2D eigenvalue weighted by atomic mass is 10.4. The summed E-state index contributed by atoms with van der Waals surface area (Å²) >= 11 is 2.52. The Hall–Kier alpha value is 0.580. The first-order valence-corrected chi connectivity index (χ1v) is 11.3. The summed E-state index contributed by atoms with van der Waals surface area (Å²) < 4.78 is 44.4. The standard InChI is InChI=1S/C6H4I2O4S2/c7-13(9,10)5-2-1-3-6(4-5)14(8,11)12/h1-4H. The van der Waals surface area contributed by atoms with Gasteiger partial charge in [0, 0.05) is 0 Å². The van der Waals surface area contributed by atoms with Gasteiger partial charge in [-0.15, -0.1) is 0 Å². The van der Waals surface area contributed by atoms with Gasteiger partial charge >= 0.3 is 0 Å². The van der Waals surface area contributed by atoms with E-state index in [1.165, 1.54) is 60.6 Å². The third-order valence-electron chi connectivity index (χ3n) is 1.37. The van der Waals surface area contributed by atoms with Gasteiger partial charge in [-0.2, -0.15) is 0 Å². The summed E-state index contributed by atoms with van der Waals surface area (Å²) in [5, 5.41) is 0. The van der Waals surface area contributed by atoms with Crippen LogP contribution in [0.1, 0.15) is 0 Å². The lowest BCUT2D eigenvalue weighted by Crippen LogP contribution is -1.94. The van der Waals surface area contributed by atoms with Gasteiger partial charge in [-0.1, -0.05) is 6.07 Å². The van der Waals surface area contributed by atoms with E-state index in [1.54, 1.807) is 0 Å². The van der Waals surface area contributed by atoms with Gasteiger partial charge in [-0.05, 0) is 18.2 Å². The Labute approximate surface area is 106 Å². The predicted octanol–water partition coefficient (Wildman–Crippen LogP) is 1.93. The van der Waals surface area contributed by atoms with Gasteiger partial charge in [0.15, 0.2) is 0 Å². The first kappa shape index (κ1) is 12.6. The van der Waals surface area contributed by atoms with Gasteiger partial charge in [-0.25, -0.2) is 16.8 Å². The largest absolute Gasteiger partial charge is 0.231 e. The predicted molar refractivity (Wildman–Crippen MR) is 68.9 cm³/mol. The molecule has 0 saturated heterocycles. The molecule has 0 saturated carbocycles. The molecule has 0 N–H and O–H groups in total. The van der Waals surface area contributed by atoms with Crippen molar-refractivity contribution in [1.82, 2.24) is 0 Å². The molecule has 0 radical (unpaired) electrons. The Morgan fingerprint density at radius 2 is 1.21 bits per heavy atom. The number of hydrogen-bond donors (Lipinski definition) is 0. The maximum absolute atomic E-state index is 11.1. The molecule has 0 aliphatic rings. The molecule has 1 rings (SSSR count). The van der Waals surface area contributed by atoms with E-state index in [0.717, 1.165) is 6.07 Å². The highest BCUT2D eigenvalue weighted by Gasteiger charge is 2.14. The molecule has 0 bridgehead atoms. The van der Waals surface area contributed by atoms with Gasteiger partial charge in [0.2, 0.25) is 14.0 Å². The summed E-state index contributed by atoms with van der Waals surface area (Å²) in [5.41, 5.74) is 0. The maximum Gasteiger partial charge on any atom is 0.231 e. The van der Waals surface area contributed by atoms with Gasteiger partial charge in [0.1, 0.15) is 0 Å². The van der Waals surface area contributed by atoms with E-state index >= 15 is 0 Å². The number of halogens is 2. The molecule has 0 aliphatic heterocycles. The van der Waals surface area contributed by atoms with Crippen LogP contribution in [0.15, 0.2) is 34.1 Å². The van der Waals surface area contributed by atoms with E-state index in [2.05, 4.69) is 0 Å². The lowest BCUT2D eigenvalue weighted by molar-refractivity contribution is 0.611. The van der Waals surface area contributed by atoms with Crippen LogP contribution in [-0.4, -0.2) is 16.8 Å². The molecular weight excluding hydrogens is 454 g/mol. The highest BCUT2D eigenvalue weighted by molar-refractivity contribution is 14.2. The fourth-order valence-corrected chi connectivity index (χ4v) is 3.51. The van der Waals surface area contributed by atoms with Crippen molar-refractivity contribution < 1.29 is 16.8 Å². The first-order chi connectivity index (χ1) is 6.21. The summed E-state index contributed by atoms with van der Waals surface area (Å²) in [6.07, 6.45) is 0. The fraction of sp³-hybridized carbons (Fsp3) is 0. The molecule has 0 amide bonds. The molecule has 0 heterocycles. The van der Waals surface area contributed by atoms with Gasteiger partial charge < -0.3 is 0 Å². The van der Waals surface area contributed by atoms with Crippen molar-refractivity contribution in [2.24, 2.45) is 0 Å². The Balaban J connectivity index is 3.44. The zero-order valence-corrected chi connectivity index (χ0v) is 12.5. The molecular formula is C6H4I2O4S2. The number of hydrogen-bond acceptors (Lipinski definition) is 4. The fourth-order valence-electron chi connectivity index (χ4n) is 0.778. The van der Waals surface area contributed by atoms with E-state index in [9.17, 15) is 16.8 Å². The minimum Gasteiger partial charge on any atom is -0.213 e. The van der Waals surface area contributed by atoms with Crippen molar-refractivity contribution in [2.45, 2.75) is 9.79 Å². The smallest absolute Gasteiger partial charge is 0.213 e. The summed E-state index contributed by atoms with van der Waals surface area (Å²) in [6, 6.07) is 5.25. The van der Waals surface area contributed by atoms with Crippen LogP contribution in [-0.2, 0) is 14.0 Å². The third-order valence-corrected chi connectivity index (χ3v) is 6.05. The van der Waals surface area contributed by atoms with E-state index in [4.69, 9.17) is 0 Å². The minimum atomic E-state index is -3.38. The van der Waals surface area contributed by atoms with Crippen LogP contribution < -0.4 is 0 Å². The van der Waals surface area contributed by atoms with Crippen LogP contribution in [0.3, 0.4) is 0 Å². The Kier molecular flexibility index (Phi) is 3.81. The van der Waals surface area contributed by atoms with Crippen LogP contribution in [0.5, 0.6) is 0 Å². The molecule has 14 heavy (non-hydrogen) atoms. The van der Waals surface area contributed by atoms with Crippen LogP contribution in [0.4, 0.5) is 0 Å². The SMILES string of the molecule is O=S(=O)(I)c1cccc(S(=O)(=O)I)c1. The topological polar surface area (TPSA) is 68.3 Å². The van der Waals surface area contributed by atoms with Crippen molar-refractivity contribution in [3.05, 3.63) is 24.3 Å². The highest BCUT2D eigenvalue weighted by atomic mass is 127. The van der Waals surface area contributed by atoms with Crippen LogP contribution in [0.25, 0.3) is 0 Å². The van der Waals surface area contributed by atoms with Gasteiger partial charge in [0.25, 0.3) is 0 Å². The molecule has 1 aromatic rings. The number of benzene rings is 1. The molecule has 8 heteroatoms. The summed E-state index contributed by atoms with van der Waals surface area (Å²) in [4.78, 5) is -0.00770. The van der Waals surface area contributed by atoms with Crippen molar-refractivity contribution in [1.29, 1.82) is 0 Å². The van der Waals surface area contributed by atoms with Crippen LogP contribution in [0, 0.1) is 0 Å². The van der Waals surface area contributed by atoms with Crippen molar-refractivity contribution in [2.75, 3.05) is 0 Å². The molecule has 0 aromatic heterocycles. The van der Waals surface area contributed by atoms with Gasteiger partial charge in [0.05, 0.1) is 52.2 Å². The van der Waals surface area contributed by atoms with Crippen molar-refractivity contribution >= 4 is 56.4 Å². The Morgan fingerprint density at radius 1 is 0.857 bits per heavy atom. The second kappa shape index (κ2) is 4.22. The molecule has 78 valence electrons. The highest BCUT2D eigenvalue weighted by Crippen LogP contribution is 2.23. The molecule has 1 aromatic carbocycles. The minimum absolute atomic E-state index is 0.00385. The normalized spacial score (nSPS) is 12.7. The number of rotatable bonds is 2. The zero-order valence-electron chi connectivity index (χ0n) is 6.51. The summed E-state index contributed by atoms with van der Waals surface area (Å²) in [7, 11) is -6.77. The maximum atomic E-state index is 11.1. The molecule has 0 aliphatic carbocycles. The molecule has 0 atom stereocenters. The first-order valence-electron chi connectivity index (χ1n) is 3.20. The van der Waals surface area contributed by atoms with E-state index in [-0.39, 0.29) is 9.79 Å². The van der Waals surface area contributed by atoms with Gasteiger partial charge in [-0.3, -0.25) is 0 Å². The third kappa shape index (κ3) is 3.31. The van der Waals surface area contributed by atoms with E-state index < -0.39 is 14.0 Å². The van der Waals surface area contributed by atoms with Crippen molar-refractivity contribution in [3.8, 4) is 0 Å². The van der Waals surface area contributed by atoms with E-state index in [1.807, 2.05) is 0 Å². The van der Waals surface area contributed by atoms with Crippen LogP contribution in [0.2, 0.25) is 0 Å². The second-order valence-electron chi connectivity index (χ2n) is 2.35. The quantitative estimate of drug-likeness (QED) is 0.502. The van der Waals surface area contributed by atoms with Crippen LogP contribution >= 0.6 is 42.4 Å². The molecule has 0 fully saturated rings. The molecule has 4 nitrogen and oxygen atoms in total. The van der Waals surface area contributed by atoms with Crippen molar-refractivity contribution in [3.63, 3.8) is 0 Å². The molecule has 0 spiro atoms.